The summed E-state index contributed by atoms with van der Waals surface area (Å²) in [7, 11) is 1.53. The van der Waals surface area contributed by atoms with Crippen molar-refractivity contribution < 1.29 is 28.7 Å². The second-order valence-electron chi connectivity index (χ2n) is 11.3. The Morgan fingerprint density at radius 3 is 2.50 bits per heavy atom. The molecular formula is C32H33N5O6S. The third kappa shape index (κ3) is 5.45. The molecule has 5 amide bonds. The van der Waals surface area contributed by atoms with Crippen molar-refractivity contribution in [3.63, 3.8) is 0 Å². The standard InChI is InChI=1S/C32H33N5O6S/c1-19(14-27(38)33-2)29(39)36-13-10-20-6-5-9-25(43-21-11-12-35(16-21)32(42)26-15-34-18-44-26)28(20)24(36)17-37-30(40)22-7-3-4-8-23(22)31(37)41/h3-9,15,18-19,21,24H,10-14,16-17H2,1-2H3,(H,33,38)/t19?,21?,24-/m1/s1. The fourth-order valence-corrected chi connectivity index (χ4v) is 6.88. The Morgan fingerprint density at radius 1 is 1.07 bits per heavy atom. The molecule has 1 fully saturated rings. The summed E-state index contributed by atoms with van der Waals surface area (Å²) in [5.41, 5.74) is 4.00. The second-order valence-corrected chi connectivity index (χ2v) is 12.2. The Bertz CT molecular complexity index is 1590. The normalized spacial score (nSPS) is 19.9. The van der Waals surface area contributed by atoms with E-state index in [0.717, 1.165) is 11.1 Å². The molecule has 1 saturated heterocycles. The van der Waals surface area contributed by atoms with Crippen LogP contribution in [0, 0.1) is 5.92 Å². The lowest BCUT2D eigenvalue weighted by atomic mass is 9.89. The summed E-state index contributed by atoms with van der Waals surface area (Å²) in [6.45, 7) is 2.95. The fourth-order valence-electron chi connectivity index (χ4n) is 6.29. The number of fused-ring (bicyclic) bond motifs is 2. The molecule has 1 aromatic heterocycles. The van der Waals surface area contributed by atoms with Crippen LogP contribution in [-0.2, 0) is 16.0 Å². The number of carbonyl (C=O) groups is 5. The Morgan fingerprint density at radius 2 is 1.82 bits per heavy atom. The molecule has 3 aliphatic rings. The molecule has 4 heterocycles. The molecule has 2 unspecified atom stereocenters. The van der Waals surface area contributed by atoms with Crippen molar-refractivity contribution in [1.29, 1.82) is 0 Å². The zero-order valence-electron chi connectivity index (χ0n) is 24.5. The molecular weight excluding hydrogens is 582 g/mol. The zero-order chi connectivity index (χ0) is 31.0. The van der Waals surface area contributed by atoms with Gasteiger partial charge >= 0.3 is 0 Å². The third-order valence-corrected chi connectivity index (χ3v) is 9.33. The van der Waals surface area contributed by atoms with Crippen LogP contribution >= 0.6 is 11.3 Å². The van der Waals surface area contributed by atoms with Crippen LogP contribution in [0.25, 0.3) is 0 Å². The van der Waals surface area contributed by atoms with Gasteiger partial charge in [-0.2, -0.15) is 0 Å². The molecule has 3 aliphatic heterocycles. The van der Waals surface area contributed by atoms with E-state index in [-0.39, 0.29) is 36.8 Å². The van der Waals surface area contributed by atoms with Crippen molar-refractivity contribution in [2.24, 2.45) is 5.92 Å². The van der Waals surface area contributed by atoms with E-state index in [0.29, 0.717) is 54.2 Å². The molecule has 3 aromatic rings. The Kier molecular flexibility index (Phi) is 8.17. The number of aromatic nitrogens is 1. The van der Waals surface area contributed by atoms with Crippen molar-refractivity contribution in [3.05, 3.63) is 81.3 Å². The first-order valence-corrected chi connectivity index (χ1v) is 15.6. The average molecular weight is 616 g/mol. The van der Waals surface area contributed by atoms with E-state index in [4.69, 9.17) is 4.74 Å². The van der Waals surface area contributed by atoms with Gasteiger partial charge in [-0.3, -0.25) is 33.9 Å². The van der Waals surface area contributed by atoms with Crippen LogP contribution in [-0.4, -0.2) is 88.6 Å². The Balaban J connectivity index is 1.31. The number of hydrogen-bond donors (Lipinski definition) is 1. The van der Waals surface area contributed by atoms with E-state index in [1.54, 1.807) is 52.7 Å². The van der Waals surface area contributed by atoms with Crippen molar-refractivity contribution in [3.8, 4) is 5.75 Å². The van der Waals surface area contributed by atoms with Gasteiger partial charge in [-0.15, -0.1) is 11.3 Å². The van der Waals surface area contributed by atoms with Gasteiger partial charge in [-0.1, -0.05) is 31.2 Å². The van der Waals surface area contributed by atoms with Gasteiger partial charge in [0.2, 0.25) is 11.8 Å². The average Bonchev–Trinajstić information content (AvgIpc) is 3.79. The molecule has 11 nitrogen and oxygen atoms in total. The molecule has 0 bridgehead atoms. The minimum absolute atomic E-state index is 0.0161. The Labute approximate surface area is 258 Å². The van der Waals surface area contributed by atoms with Gasteiger partial charge in [0.1, 0.15) is 16.7 Å². The fraction of sp³-hybridized carbons (Fsp3) is 0.375. The molecule has 0 radical (unpaired) electrons. The smallest absolute Gasteiger partial charge is 0.265 e. The highest BCUT2D eigenvalue weighted by Gasteiger charge is 2.42. The van der Waals surface area contributed by atoms with E-state index >= 15 is 0 Å². The number of thiazole rings is 1. The van der Waals surface area contributed by atoms with Gasteiger partial charge in [0.05, 0.1) is 42.0 Å². The predicted molar refractivity (Wildman–Crippen MR) is 161 cm³/mol. The van der Waals surface area contributed by atoms with Crippen LogP contribution in [0.4, 0.5) is 0 Å². The van der Waals surface area contributed by atoms with Crippen molar-refractivity contribution in [1.82, 2.24) is 25.0 Å². The molecule has 12 heteroatoms. The van der Waals surface area contributed by atoms with Crippen LogP contribution in [0.15, 0.2) is 54.2 Å². The Hall–Kier alpha value is -4.58. The molecule has 1 N–H and O–H groups in total. The first-order valence-electron chi connectivity index (χ1n) is 14.7. The molecule has 3 atom stereocenters. The number of likely N-dealkylation sites (tertiary alicyclic amines) is 1. The molecule has 0 saturated carbocycles. The van der Waals surface area contributed by atoms with Crippen LogP contribution in [0.5, 0.6) is 5.75 Å². The molecule has 228 valence electrons. The molecule has 2 aromatic carbocycles. The predicted octanol–water partition coefficient (Wildman–Crippen LogP) is 2.93. The van der Waals surface area contributed by atoms with Crippen LogP contribution in [0.1, 0.15) is 67.3 Å². The summed E-state index contributed by atoms with van der Waals surface area (Å²) < 4.78 is 6.56. The second kappa shape index (κ2) is 12.2. The number of imide groups is 1. The maximum Gasteiger partial charge on any atom is 0.265 e. The summed E-state index contributed by atoms with van der Waals surface area (Å²) in [5.74, 6) is -1.45. The summed E-state index contributed by atoms with van der Waals surface area (Å²) in [5, 5.41) is 2.57. The molecule has 0 spiro atoms. The lowest BCUT2D eigenvalue weighted by Gasteiger charge is -2.41. The van der Waals surface area contributed by atoms with Crippen molar-refractivity contribution >= 4 is 40.9 Å². The summed E-state index contributed by atoms with van der Waals surface area (Å²) in [6, 6.07) is 11.7. The summed E-state index contributed by atoms with van der Waals surface area (Å²) >= 11 is 1.30. The zero-order valence-corrected chi connectivity index (χ0v) is 25.3. The number of carbonyl (C=O) groups excluding carboxylic acids is 5. The van der Waals surface area contributed by atoms with Gasteiger partial charge in [0.15, 0.2) is 0 Å². The summed E-state index contributed by atoms with van der Waals surface area (Å²) in [4.78, 5) is 75.0. The van der Waals surface area contributed by atoms with Gasteiger partial charge in [-0.05, 0) is 30.2 Å². The lowest BCUT2D eigenvalue weighted by Crippen LogP contribution is -2.48. The monoisotopic (exact) mass is 615 g/mol. The minimum Gasteiger partial charge on any atom is -0.488 e. The van der Waals surface area contributed by atoms with E-state index in [2.05, 4.69) is 10.3 Å². The maximum absolute atomic E-state index is 13.9. The van der Waals surface area contributed by atoms with Gasteiger partial charge in [-0.25, -0.2) is 0 Å². The quantitative estimate of drug-likeness (QED) is 0.386. The van der Waals surface area contributed by atoms with Crippen molar-refractivity contribution in [2.75, 3.05) is 33.2 Å². The van der Waals surface area contributed by atoms with Crippen molar-refractivity contribution in [2.45, 2.75) is 38.3 Å². The molecule has 6 rings (SSSR count). The summed E-state index contributed by atoms with van der Waals surface area (Å²) in [6.07, 6.45) is 2.47. The minimum atomic E-state index is -0.687. The van der Waals surface area contributed by atoms with E-state index in [1.807, 2.05) is 18.2 Å². The number of nitrogens with zero attached hydrogens (tertiary/aromatic N) is 4. The van der Waals surface area contributed by atoms with E-state index in [9.17, 15) is 24.0 Å². The van der Waals surface area contributed by atoms with Gasteiger partial charge < -0.3 is 19.9 Å². The van der Waals surface area contributed by atoms with Crippen LogP contribution in [0.2, 0.25) is 0 Å². The number of benzene rings is 2. The lowest BCUT2D eigenvalue weighted by molar-refractivity contribution is -0.140. The number of nitrogens with one attached hydrogen (secondary N) is 1. The van der Waals surface area contributed by atoms with Crippen LogP contribution in [0.3, 0.4) is 0 Å². The van der Waals surface area contributed by atoms with Gasteiger partial charge in [0, 0.05) is 44.5 Å². The highest BCUT2D eigenvalue weighted by atomic mass is 32.1. The first kappa shape index (κ1) is 29.5. The molecule has 0 aliphatic carbocycles. The highest BCUT2D eigenvalue weighted by molar-refractivity contribution is 7.11. The third-order valence-electron chi connectivity index (χ3n) is 8.57. The highest BCUT2D eigenvalue weighted by Crippen LogP contribution is 2.40. The van der Waals surface area contributed by atoms with Gasteiger partial charge in [0.25, 0.3) is 17.7 Å². The topological polar surface area (TPSA) is 129 Å². The van der Waals surface area contributed by atoms with E-state index in [1.165, 1.54) is 23.3 Å². The maximum atomic E-state index is 13.9. The van der Waals surface area contributed by atoms with E-state index < -0.39 is 23.8 Å². The number of hydrogen-bond acceptors (Lipinski definition) is 8. The first-order chi connectivity index (χ1) is 21.3. The molecule has 44 heavy (non-hydrogen) atoms. The number of amides is 5. The number of ether oxygens (including phenoxy) is 1. The largest absolute Gasteiger partial charge is 0.488 e. The SMILES string of the molecule is CNC(=O)CC(C)C(=O)N1CCc2cccc(OC3CCN(C(=O)c4cncs4)C3)c2[C@H]1CN1C(=O)c2ccccc2C1=O. The number of rotatable bonds is 8. The van der Waals surface area contributed by atoms with Crippen LogP contribution < -0.4 is 10.1 Å².